The predicted molar refractivity (Wildman–Crippen MR) is 102 cm³/mol. The highest BCUT2D eigenvalue weighted by atomic mass is 32.1. The van der Waals surface area contributed by atoms with Crippen molar-refractivity contribution in [2.24, 2.45) is 0 Å². The summed E-state index contributed by atoms with van der Waals surface area (Å²) in [5, 5.41) is 6.75. The van der Waals surface area contributed by atoms with Crippen LogP contribution in [0.3, 0.4) is 0 Å². The van der Waals surface area contributed by atoms with Gasteiger partial charge in [-0.1, -0.05) is 0 Å². The number of nitrogens with one attached hydrogen (secondary N) is 2. The van der Waals surface area contributed by atoms with Crippen molar-refractivity contribution in [2.75, 3.05) is 27.3 Å². The Hall–Kier alpha value is -2.28. The molecule has 1 heterocycles. The van der Waals surface area contributed by atoms with E-state index < -0.39 is 0 Å². The fourth-order valence-electron chi connectivity index (χ4n) is 2.95. The van der Waals surface area contributed by atoms with E-state index in [0.29, 0.717) is 35.3 Å². The van der Waals surface area contributed by atoms with E-state index in [4.69, 9.17) is 21.7 Å². The maximum atomic E-state index is 13.1. The second-order valence-corrected chi connectivity index (χ2v) is 6.06. The van der Waals surface area contributed by atoms with Gasteiger partial charge in [-0.15, -0.1) is 0 Å². The molecule has 0 aromatic heterocycles. The average Bonchev–Trinajstić information content (AvgIpc) is 2.61. The van der Waals surface area contributed by atoms with Crippen LogP contribution in [0.15, 0.2) is 29.5 Å². The lowest BCUT2D eigenvalue weighted by molar-refractivity contribution is -0.127. The van der Waals surface area contributed by atoms with Gasteiger partial charge in [0.1, 0.15) is 11.5 Å². The van der Waals surface area contributed by atoms with E-state index in [0.717, 1.165) is 11.3 Å². The number of likely N-dealkylation sites (N-methyl/N-ethyl adjacent to an activating group) is 1. The number of ether oxygens (including phenoxy) is 2. The lowest BCUT2D eigenvalue weighted by Crippen LogP contribution is -2.47. The number of nitrogens with zero attached hydrogens (tertiary/aromatic N) is 1. The highest BCUT2D eigenvalue weighted by Gasteiger charge is 2.33. The van der Waals surface area contributed by atoms with Crippen molar-refractivity contribution in [3.63, 3.8) is 0 Å². The van der Waals surface area contributed by atoms with Gasteiger partial charge in [-0.3, -0.25) is 4.79 Å². The largest absolute Gasteiger partial charge is 0.497 e. The summed E-state index contributed by atoms with van der Waals surface area (Å²) in [5.41, 5.74) is 2.23. The first-order valence-corrected chi connectivity index (χ1v) is 8.67. The van der Waals surface area contributed by atoms with Crippen molar-refractivity contribution in [3.05, 3.63) is 35.0 Å². The fourth-order valence-corrected chi connectivity index (χ4v) is 3.22. The third kappa shape index (κ3) is 3.87. The van der Waals surface area contributed by atoms with Crippen LogP contribution in [0.2, 0.25) is 0 Å². The Kier molecular flexibility index (Phi) is 6.25. The zero-order valence-electron chi connectivity index (χ0n) is 15.3. The van der Waals surface area contributed by atoms with Crippen LogP contribution in [-0.2, 0) is 4.79 Å². The molecular weight excluding hydrogens is 338 g/mol. The van der Waals surface area contributed by atoms with Gasteiger partial charge in [0.25, 0.3) is 5.91 Å². The van der Waals surface area contributed by atoms with Crippen LogP contribution in [0.25, 0.3) is 0 Å². The first-order chi connectivity index (χ1) is 12.0. The summed E-state index contributed by atoms with van der Waals surface area (Å²) in [6.07, 6.45) is 0. The van der Waals surface area contributed by atoms with E-state index in [2.05, 4.69) is 10.6 Å². The third-order valence-electron chi connectivity index (χ3n) is 4.30. The van der Waals surface area contributed by atoms with Gasteiger partial charge in [0, 0.05) is 30.4 Å². The van der Waals surface area contributed by atoms with Gasteiger partial charge in [-0.2, -0.15) is 0 Å². The number of thiocarbonyl (C=S) groups is 1. The SMILES string of the molecule is CCN(CC)C(=O)C1=C(C)NC(=S)N[C@H]1c1ccc(OC)cc1OC. The topological polar surface area (TPSA) is 62.8 Å². The number of hydrogen-bond acceptors (Lipinski definition) is 4. The molecule has 1 aliphatic heterocycles. The van der Waals surface area contributed by atoms with Gasteiger partial charge in [0.05, 0.1) is 25.8 Å². The molecule has 1 aliphatic rings. The molecule has 2 rings (SSSR count). The Morgan fingerprint density at radius 1 is 1.24 bits per heavy atom. The monoisotopic (exact) mass is 363 g/mol. The Morgan fingerprint density at radius 3 is 2.48 bits per heavy atom. The van der Waals surface area contributed by atoms with Crippen LogP contribution < -0.4 is 20.1 Å². The Labute approximate surface area is 154 Å². The molecule has 0 fully saturated rings. The Balaban J connectivity index is 2.55. The first-order valence-electron chi connectivity index (χ1n) is 8.26. The van der Waals surface area contributed by atoms with Crippen molar-refractivity contribution in [1.29, 1.82) is 0 Å². The second kappa shape index (κ2) is 8.20. The zero-order valence-corrected chi connectivity index (χ0v) is 16.1. The molecule has 0 bridgehead atoms. The van der Waals surface area contributed by atoms with E-state index in [-0.39, 0.29) is 11.9 Å². The van der Waals surface area contributed by atoms with Gasteiger partial charge in [-0.25, -0.2) is 0 Å². The predicted octanol–water partition coefficient (Wildman–Crippen LogP) is 2.37. The molecule has 0 unspecified atom stereocenters. The highest BCUT2D eigenvalue weighted by Crippen LogP contribution is 2.35. The quantitative estimate of drug-likeness (QED) is 0.757. The maximum absolute atomic E-state index is 13.1. The van der Waals surface area contributed by atoms with Crippen molar-refractivity contribution < 1.29 is 14.3 Å². The van der Waals surface area contributed by atoms with E-state index in [1.807, 2.05) is 32.9 Å². The minimum Gasteiger partial charge on any atom is -0.497 e. The van der Waals surface area contributed by atoms with E-state index >= 15 is 0 Å². The molecule has 1 aromatic carbocycles. The molecule has 0 spiro atoms. The minimum absolute atomic E-state index is 0.0205. The second-order valence-electron chi connectivity index (χ2n) is 5.66. The van der Waals surface area contributed by atoms with Gasteiger partial charge in [0.2, 0.25) is 0 Å². The number of methoxy groups -OCH3 is 2. The van der Waals surface area contributed by atoms with Crippen LogP contribution in [-0.4, -0.2) is 43.2 Å². The molecule has 25 heavy (non-hydrogen) atoms. The zero-order chi connectivity index (χ0) is 18.6. The molecule has 2 N–H and O–H groups in total. The molecule has 136 valence electrons. The summed E-state index contributed by atoms with van der Waals surface area (Å²) in [6, 6.07) is 5.16. The summed E-state index contributed by atoms with van der Waals surface area (Å²) in [4.78, 5) is 14.9. The van der Waals surface area contributed by atoms with Crippen LogP contribution in [0.5, 0.6) is 11.5 Å². The number of rotatable bonds is 6. The molecule has 0 radical (unpaired) electrons. The standard InChI is InChI=1S/C18H25N3O3S/c1-6-21(7-2)17(22)15-11(3)19-18(25)20-16(15)13-9-8-12(23-4)10-14(13)24-5/h8-10,16H,6-7H2,1-5H3,(H2,19,20,25)/t16-/m0/s1. The minimum atomic E-state index is -0.386. The van der Waals surface area contributed by atoms with Gasteiger partial charge < -0.3 is 25.0 Å². The summed E-state index contributed by atoms with van der Waals surface area (Å²) in [5.74, 6) is 1.31. The van der Waals surface area contributed by atoms with Gasteiger partial charge in [0.15, 0.2) is 5.11 Å². The van der Waals surface area contributed by atoms with Crippen molar-refractivity contribution in [3.8, 4) is 11.5 Å². The Bertz CT molecular complexity index is 699. The highest BCUT2D eigenvalue weighted by molar-refractivity contribution is 7.80. The molecule has 1 aromatic rings. The van der Waals surface area contributed by atoms with Crippen LogP contribution >= 0.6 is 12.2 Å². The van der Waals surface area contributed by atoms with Crippen molar-refractivity contribution >= 4 is 23.2 Å². The molecule has 6 nitrogen and oxygen atoms in total. The van der Waals surface area contributed by atoms with E-state index in [1.165, 1.54) is 0 Å². The fraction of sp³-hybridized carbons (Fsp3) is 0.444. The van der Waals surface area contributed by atoms with Crippen LogP contribution in [0.1, 0.15) is 32.4 Å². The summed E-state index contributed by atoms with van der Waals surface area (Å²) in [7, 11) is 3.20. The molecular formula is C18H25N3O3S. The number of carbonyl (C=O) groups excluding carboxylic acids is 1. The molecule has 0 saturated heterocycles. The molecule has 0 aliphatic carbocycles. The summed E-state index contributed by atoms with van der Waals surface area (Å²) in [6.45, 7) is 7.09. The average molecular weight is 363 g/mol. The molecule has 0 saturated carbocycles. The molecule has 1 amide bonds. The number of hydrogen-bond donors (Lipinski definition) is 2. The lowest BCUT2D eigenvalue weighted by Gasteiger charge is -2.33. The van der Waals surface area contributed by atoms with Gasteiger partial charge >= 0.3 is 0 Å². The molecule has 7 heteroatoms. The number of carbonyl (C=O) groups is 1. The smallest absolute Gasteiger partial charge is 0.253 e. The van der Waals surface area contributed by atoms with E-state index in [9.17, 15) is 4.79 Å². The van der Waals surface area contributed by atoms with Crippen molar-refractivity contribution in [1.82, 2.24) is 15.5 Å². The summed E-state index contributed by atoms with van der Waals surface area (Å²) < 4.78 is 10.8. The Morgan fingerprint density at radius 2 is 1.92 bits per heavy atom. The first kappa shape index (κ1) is 19.1. The normalized spacial score (nSPS) is 16.8. The molecule has 1 atom stereocenters. The van der Waals surface area contributed by atoms with Crippen LogP contribution in [0.4, 0.5) is 0 Å². The maximum Gasteiger partial charge on any atom is 0.253 e. The van der Waals surface area contributed by atoms with Crippen LogP contribution in [0, 0.1) is 0 Å². The summed E-state index contributed by atoms with van der Waals surface area (Å²) >= 11 is 5.30. The van der Waals surface area contributed by atoms with Gasteiger partial charge in [-0.05, 0) is 45.1 Å². The number of allylic oxidation sites excluding steroid dienone is 1. The number of amides is 1. The third-order valence-corrected chi connectivity index (χ3v) is 4.52. The number of benzene rings is 1. The van der Waals surface area contributed by atoms with Crippen molar-refractivity contribution in [2.45, 2.75) is 26.8 Å². The van der Waals surface area contributed by atoms with E-state index in [1.54, 1.807) is 25.2 Å². The lowest BCUT2D eigenvalue weighted by atomic mass is 9.93.